The lowest BCUT2D eigenvalue weighted by atomic mass is 9.96. The average Bonchev–Trinajstić information content (AvgIpc) is 2.18. The first kappa shape index (κ1) is 10.6. The summed E-state index contributed by atoms with van der Waals surface area (Å²) in [6.07, 6.45) is 4.84. The van der Waals surface area contributed by atoms with E-state index in [1.165, 1.54) is 6.33 Å². The van der Waals surface area contributed by atoms with Crippen molar-refractivity contribution in [1.29, 1.82) is 0 Å². The van der Waals surface area contributed by atoms with Gasteiger partial charge in [0.2, 0.25) is 0 Å². The molecule has 1 heterocycles. The van der Waals surface area contributed by atoms with Crippen molar-refractivity contribution in [2.75, 3.05) is 0 Å². The molecular weight excluding hydrogens is 180 g/mol. The predicted molar refractivity (Wildman–Crippen MR) is 52.3 cm³/mol. The second kappa shape index (κ2) is 4.69. The third kappa shape index (κ3) is 2.28. The monoisotopic (exact) mass is 194 g/mol. The molecule has 4 heteroatoms. The molecule has 1 N–H and O–H groups in total. The molecule has 14 heavy (non-hydrogen) atoms. The Bertz CT molecular complexity index is 326. The molecule has 1 atom stereocenters. The van der Waals surface area contributed by atoms with E-state index in [1.807, 2.05) is 6.92 Å². The van der Waals surface area contributed by atoms with Crippen LogP contribution in [0.1, 0.15) is 48.7 Å². The summed E-state index contributed by atoms with van der Waals surface area (Å²) in [4.78, 5) is 18.5. The zero-order chi connectivity index (χ0) is 10.6. The third-order valence-corrected chi connectivity index (χ3v) is 2.20. The number of aromatic nitrogens is 2. The molecule has 0 aliphatic carbocycles. The molecule has 1 unspecified atom stereocenters. The van der Waals surface area contributed by atoms with Gasteiger partial charge in [-0.05, 0) is 12.3 Å². The fourth-order valence-electron chi connectivity index (χ4n) is 1.47. The summed E-state index contributed by atoms with van der Waals surface area (Å²) < 4.78 is 0. The molecule has 0 amide bonds. The molecule has 76 valence electrons. The Balaban J connectivity index is 3.00. The van der Waals surface area contributed by atoms with E-state index in [0.29, 0.717) is 0 Å². The minimum Gasteiger partial charge on any atom is -0.477 e. The second-order valence-corrected chi connectivity index (χ2v) is 3.32. The highest BCUT2D eigenvalue weighted by Crippen LogP contribution is 2.21. The molecule has 0 aromatic carbocycles. The van der Waals surface area contributed by atoms with Crippen LogP contribution in [0.5, 0.6) is 0 Å². The summed E-state index contributed by atoms with van der Waals surface area (Å²) in [6.45, 7) is 4.06. The van der Waals surface area contributed by atoms with Crippen LogP contribution >= 0.6 is 0 Å². The molecule has 1 rings (SSSR count). The molecule has 0 saturated heterocycles. The van der Waals surface area contributed by atoms with E-state index in [-0.39, 0.29) is 11.6 Å². The van der Waals surface area contributed by atoms with Crippen LogP contribution in [-0.4, -0.2) is 21.0 Å². The van der Waals surface area contributed by atoms with Crippen molar-refractivity contribution in [2.45, 2.75) is 32.6 Å². The Kier molecular flexibility index (Phi) is 3.56. The predicted octanol–water partition coefficient (Wildman–Crippen LogP) is 2.08. The third-order valence-electron chi connectivity index (χ3n) is 2.20. The first-order chi connectivity index (χ1) is 6.66. The molecule has 0 aliphatic rings. The van der Waals surface area contributed by atoms with Gasteiger partial charge in [0.25, 0.3) is 0 Å². The van der Waals surface area contributed by atoms with Crippen LogP contribution in [0.15, 0.2) is 12.5 Å². The van der Waals surface area contributed by atoms with Gasteiger partial charge in [-0.2, -0.15) is 0 Å². The molecule has 0 saturated carbocycles. The first-order valence-electron chi connectivity index (χ1n) is 4.70. The van der Waals surface area contributed by atoms with Crippen molar-refractivity contribution in [3.8, 4) is 0 Å². The number of aromatic carboxylic acids is 1. The van der Waals surface area contributed by atoms with Gasteiger partial charge in [-0.25, -0.2) is 14.8 Å². The van der Waals surface area contributed by atoms with Crippen LogP contribution in [0.3, 0.4) is 0 Å². The largest absolute Gasteiger partial charge is 0.477 e. The summed E-state index contributed by atoms with van der Waals surface area (Å²) in [7, 11) is 0. The minimum atomic E-state index is -0.981. The normalized spacial score (nSPS) is 12.4. The van der Waals surface area contributed by atoms with Crippen molar-refractivity contribution in [3.05, 3.63) is 23.8 Å². The lowest BCUT2D eigenvalue weighted by Crippen LogP contribution is -2.08. The smallest absolute Gasteiger partial charge is 0.354 e. The number of hydrogen-bond donors (Lipinski definition) is 1. The molecule has 1 aromatic rings. The maximum absolute atomic E-state index is 10.8. The van der Waals surface area contributed by atoms with E-state index < -0.39 is 5.97 Å². The topological polar surface area (TPSA) is 63.1 Å². The summed E-state index contributed by atoms with van der Waals surface area (Å²) in [5.41, 5.74) is 0.850. The molecule has 0 fully saturated rings. The van der Waals surface area contributed by atoms with Gasteiger partial charge in [0, 0.05) is 11.8 Å². The van der Waals surface area contributed by atoms with E-state index in [0.717, 1.165) is 18.4 Å². The number of carboxylic acids is 1. The van der Waals surface area contributed by atoms with Crippen LogP contribution in [0.4, 0.5) is 0 Å². The fourth-order valence-corrected chi connectivity index (χ4v) is 1.47. The second-order valence-electron chi connectivity index (χ2n) is 3.32. The maximum atomic E-state index is 10.8. The van der Waals surface area contributed by atoms with Gasteiger partial charge < -0.3 is 5.11 Å². The van der Waals surface area contributed by atoms with Gasteiger partial charge >= 0.3 is 5.97 Å². The summed E-state index contributed by atoms with van der Waals surface area (Å²) in [5, 5.41) is 8.89. The summed E-state index contributed by atoms with van der Waals surface area (Å²) in [5.74, 6) is -0.780. The lowest BCUT2D eigenvalue weighted by Gasteiger charge is -2.11. The van der Waals surface area contributed by atoms with Gasteiger partial charge in [0.15, 0.2) is 5.69 Å². The van der Waals surface area contributed by atoms with Gasteiger partial charge in [-0.3, -0.25) is 0 Å². The van der Waals surface area contributed by atoms with Gasteiger partial charge in [0.05, 0.1) is 0 Å². The highest BCUT2D eigenvalue weighted by molar-refractivity contribution is 5.87. The highest BCUT2D eigenvalue weighted by Gasteiger charge is 2.16. The van der Waals surface area contributed by atoms with Crippen molar-refractivity contribution < 1.29 is 9.90 Å². The molecule has 4 nitrogen and oxygen atoms in total. The molecule has 0 radical (unpaired) electrons. The summed E-state index contributed by atoms with van der Waals surface area (Å²) >= 11 is 0. The Hall–Kier alpha value is -1.45. The zero-order valence-electron chi connectivity index (χ0n) is 8.40. The zero-order valence-corrected chi connectivity index (χ0v) is 8.40. The van der Waals surface area contributed by atoms with Crippen LogP contribution in [-0.2, 0) is 0 Å². The number of carbonyl (C=O) groups is 1. The standard InChI is InChI=1S/C10H14N2O2/c1-3-4-7(2)8-5-11-6-12-9(8)10(13)14/h5-7H,3-4H2,1-2H3,(H,13,14). The molecule has 0 aliphatic heterocycles. The van der Waals surface area contributed by atoms with Crippen LogP contribution in [0.25, 0.3) is 0 Å². The van der Waals surface area contributed by atoms with E-state index >= 15 is 0 Å². The Labute approximate surface area is 83.0 Å². The van der Waals surface area contributed by atoms with Crippen molar-refractivity contribution in [3.63, 3.8) is 0 Å². The number of nitrogens with zero attached hydrogens (tertiary/aromatic N) is 2. The lowest BCUT2D eigenvalue weighted by molar-refractivity contribution is 0.0688. The molecular formula is C10H14N2O2. The summed E-state index contributed by atoms with van der Waals surface area (Å²) in [6, 6.07) is 0. The maximum Gasteiger partial charge on any atom is 0.354 e. The Morgan fingerprint density at radius 2 is 2.36 bits per heavy atom. The fraction of sp³-hybridized carbons (Fsp3) is 0.500. The van der Waals surface area contributed by atoms with E-state index in [9.17, 15) is 4.79 Å². The van der Waals surface area contributed by atoms with Crippen molar-refractivity contribution in [2.24, 2.45) is 0 Å². The molecule has 1 aromatic heterocycles. The van der Waals surface area contributed by atoms with E-state index in [4.69, 9.17) is 5.11 Å². The Morgan fingerprint density at radius 1 is 1.64 bits per heavy atom. The van der Waals surface area contributed by atoms with Crippen molar-refractivity contribution in [1.82, 2.24) is 9.97 Å². The Morgan fingerprint density at radius 3 is 2.93 bits per heavy atom. The van der Waals surface area contributed by atoms with Crippen LogP contribution in [0.2, 0.25) is 0 Å². The minimum absolute atomic E-state index is 0.126. The SMILES string of the molecule is CCCC(C)c1cncnc1C(=O)O. The number of hydrogen-bond acceptors (Lipinski definition) is 3. The van der Waals surface area contributed by atoms with E-state index in [2.05, 4.69) is 16.9 Å². The van der Waals surface area contributed by atoms with E-state index in [1.54, 1.807) is 6.20 Å². The molecule has 0 spiro atoms. The molecule has 0 bridgehead atoms. The number of carboxylic acid groups (broad SMARTS) is 1. The van der Waals surface area contributed by atoms with Crippen molar-refractivity contribution >= 4 is 5.97 Å². The van der Waals surface area contributed by atoms with Gasteiger partial charge in [-0.15, -0.1) is 0 Å². The van der Waals surface area contributed by atoms with Gasteiger partial charge in [0.1, 0.15) is 6.33 Å². The average molecular weight is 194 g/mol. The quantitative estimate of drug-likeness (QED) is 0.797. The van der Waals surface area contributed by atoms with Crippen LogP contribution < -0.4 is 0 Å². The van der Waals surface area contributed by atoms with Crippen LogP contribution in [0, 0.1) is 0 Å². The number of rotatable bonds is 4. The highest BCUT2D eigenvalue weighted by atomic mass is 16.4. The van der Waals surface area contributed by atoms with Gasteiger partial charge in [-0.1, -0.05) is 20.3 Å². The first-order valence-corrected chi connectivity index (χ1v) is 4.70.